The predicted octanol–water partition coefficient (Wildman–Crippen LogP) is 9.92. The van der Waals surface area contributed by atoms with Gasteiger partial charge >= 0.3 is 17.9 Å². The molecular formula is C40H39Br3N10O6S4. The van der Waals surface area contributed by atoms with Crippen LogP contribution in [0.1, 0.15) is 64.2 Å². The minimum absolute atomic E-state index is 0.0393. The highest BCUT2D eigenvalue weighted by Gasteiger charge is 2.29. The molecule has 0 spiro atoms. The first kappa shape index (κ1) is 49.2. The van der Waals surface area contributed by atoms with Gasteiger partial charge in [-0.2, -0.15) is 15.3 Å². The molecule has 0 aliphatic rings. The second-order valence-corrected chi connectivity index (χ2v) is 19.2. The van der Waals surface area contributed by atoms with Crippen LogP contribution in [0.3, 0.4) is 0 Å². The smallest absolute Gasteiger partial charge is 0.360 e. The van der Waals surface area contributed by atoms with Crippen molar-refractivity contribution in [1.29, 1.82) is 0 Å². The largest absolute Gasteiger partial charge is 0.461 e. The number of benzene rings is 3. The Balaban J connectivity index is 0.000000250. The van der Waals surface area contributed by atoms with E-state index in [1.807, 2.05) is 79.7 Å². The monoisotopic (exact) mass is 1120 g/mol. The lowest BCUT2D eigenvalue weighted by Crippen LogP contribution is -2.08. The SMILES string of the molecule is CC(N)=S.CCOC(=O)c1nn(-c2cccc(Br)c2)c(N)c1SSc1c(C(=O)OCC)nn(-c2cccc(Br)c2)c1N.CCOC(=O)c1nn(-c2cccc(Br)c2)c2nc(C)sc12. The lowest BCUT2D eigenvalue weighted by Gasteiger charge is -2.07. The Morgan fingerprint density at radius 2 is 1.02 bits per heavy atom. The summed E-state index contributed by atoms with van der Waals surface area (Å²) in [6, 6.07) is 22.3. The number of anilines is 2. The van der Waals surface area contributed by atoms with Crippen LogP contribution in [-0.2, 0) is 14.2 Å². The summed E-state index contributed by atoms with van der Waals surface area (Å²) in [5, 5.41) is 14.1. The predicted molar refractivity (Wildman–Crippen MR) is 263 cm³/mol. The molecule has 0 bridgehead atoms. The molecule has 0 unspecified atom stereocenters. The summed E-state index contributed by atoms with van der Waals surface area (Å²) in [4.78, 5) is 43.3. The molecule has 0 amide bonds. The number of rotatable bonds is 12. The Hall–Kier alpha value is -4.78. The van der Waals surface area contributed by atoms with E-state index in [4.69, 9.17) is 31.4 Å². The number of halogens is 3. The first-order valence-corrected chi connectivity index (χ1v) is 24.4. The van der Waals surface area contributed by atoms with Crippen molar-refractivity contribution in [2.24, 2.45) is 5.73 Å². The van der Waals surface area contributed by atoms with Crippen LogP contribution in [0.5, 0.6) is 0 Å². The number of carbonyl (C=O) groups is 3. The number of nitrogens with two attached hydrogens (primary N) is 3. The average molecular weight is 1120 g/mol. The number of thiocarbonyl (C=S) groups is 1. The lowest BCUT2D eigenvalue weighted by atomic mass is 10.3. The number of thiazole rings is 1. The van der Waals surface area contributed by atoms with Crippen molar-refractivity contribution < 1.29 is 28.6 Å². The molecule has 6 N–H and O–H groups in total. The zero-order chi connectivity index (χ0) is 46.0. The summed E-state index contributed by atoms with van der Waals surface area (Å²) in [5.41, 5.74) is 21.0. The van der Waals surface area contributed by atoms with Gasteiger partial charge in [-0.05, 0) is 111 Å². The molecular weight excluding hydrogens is 1080 g/mol. The highest BCUT2D eigenvalue weighted by atomic mass is 79.9. The first-order valence-electron chi connectivity index (χ1n) is 18.6. The van der Waals surface area contributed by atoms with Gasteiger partial charge in [0.15, 0.2) is 22.7 Å². The van der Waals surface area contributed by atoms with Gasteiger partial charge < -0.3 is 31.4 Å². The van der Waals surface area contributed by atoms with E-state index in [1.54, 1.807) is 32.4 Å². The van der Waals surface area contributed by atoms with Gasteiger partial charge in [0.2, 0.25) is 0 Å². The standard InChI is InChI=1S/C24H22Br2N6O4S2.C14H12BrN3O2S.C2H5NS/c1-3-35-23(33)17-19(21(27)31(29-17)15-9-5-7-13(25)11-15)37-38-20-18(24(34)36-4-2)30-32(22(20)28)16-10-6-8-14(26)12-16;1-3-20-14(19)11-12-13(16-8(2)21-12)18(17-11)10-6-4-5-9(15)7-10;1-2(3)4/h5-12H,3-4,27-28H2,1-2H3;4-7H,3H2,1-2H3;1H3,(H2,3,4). The van der Waals surface area contributed by atoms with Crippen LogP contribution in [0.4, 0.5) is 11.6 Å². The van der Waals surface area contributed by atoms with Crippen LogP contribution in [0, 0.1) is 6.92 Å². The van der Waals surface area contributed by atoms with Crippen molar-refractivity contribution in [3.8, 4) is 17.1 Å². The van der Waals surface area contributed by atoms with E-state index < -0.39 is 17.9 Å². The second kappa shape index (κ2) is 22.7. The topological polar surface area (TPSA) is 223 Å². The number of nitrogens with zero attached hydrogens (tertiary/aromatic N) is 7. The number of hydrogen-bond acceptors (Lipinski definition) is 16. The number of aryl methyl sites for hydroxylation is 1. The minimum atomic E-state index is -0.625. The summed E-state index contributed by atoms with van der Waals surface area (Å²) in [6.07, 6.45) is 0. The van der Waals surface area contributed by atoms with Crippen molar-refractivity contribution >= 4 is 138 Å². The molecule has 3 aromatic carbocycles. The third-order valence-corrected chi connectivity index (χ3v) is 12.8. The molecule has 0 fully saturated rings. The number of fused-ring (bicyclic) bond motifs is 1. The van der Waals surface area contributed by atoms with Crippen LogP contribution >= 0.6 is 92.9 Å². The molecule has 23 heteroatoms. The minimum Gasteiger partial charge on any atom is -0.461 e. The van der Waals surface area contributed by atoms with Crippen LogP contribution in [0.15, 0.2) is 96.0 Å². The van der Waals surface area contributed by atoms with Gasteiger partial charge in [0.1, 0.15) is 16.3 Å². The van der Waals surface area contributed by atoms with Crippen LogP contribution < -0.4 is 17.2 Å². The maximum atomic E-state index is 12.8. The van der Waals surface area contributed by atoms with E-state index in [0.29, 0.717) is 44.1 Å². The van der Waals surface area contributed by atoms with E-state index >= 15 is 0 Å². The summed E-state index contributed by atoms with van der Waals surface area (Å²) < 4.78 is 23.4. The molecule has 4 aromatic heterocycles. The van der Waals surface area contributed by atoms with E-state index in [-0.39, 0.29) is 36.2 Å². The number of ether oxygens (including phenoxy) is 3. The Morgan fingerprint density at radius 1 is 0.667 bits per heavy atom. The molecule has 0 saturated carbocycles. The summed E-state index contributed by atoms with van der Waals surface area (Å²) >= 11 is 16.1. The Kier molecular flexibility index (Phi) is 17.8. The number of nitrogen functional groups attached to an aromatic ring is 2. The molecule has 7 aromatic rings. The zero-order valence-electron chi connectivity index (χ0n) is 34.1. The number of aromatic nitrogens is 7. The van der Waals surface area contributed by atoms with Gasteiger partial charge in [0.05, 0.1) is 56.7 Å². The fourth-order valence-corrected chi connectivity index (χ4v) is 9.82. The Labute approximate surface area is 404 Å². The molecule has 0 radical (unpaired) electrons. The van der Waals surface area contributed by atoms with Gasteiger partial charge in [0, 0.05) is 13.4 Å². The molecule has 0 aliphatic heterocycles. The van der Waals surface area contributed by atoms with Crippen LogP contribution in [-0.4, -0.2) is 77.0 Å². The van der Waals surface area contributed by atoms with Crippen molar-refractivity contribution in [2.75, 3.05) is 31.3 Å². The van der Waals surface area contributed by atoms with Gasteiger partial charge in [-0.25, -0.2) is 33.4 Å². The Bertz CT molecular complexity index is 2680. The lowest BCUT2D eigenvalue weighted by molar-refractivity contribution is 0.0505. The summed E-state index contributed by atoms with van der Waals surface area (Å²) in [6.45, 7) is 9.42. The van der Waals surface area contributed by atoms with Gasteiger partial charge in [-0.3, -0.25) is 0 Å². The quantitative estimate of drug-likeness (QED) is 0.0448. The molecule has 0 saturated heterocycles. The van der Waals surface area contributed by atoms with E-state index in [9.17, 15) is 14.4 Å². The maximum Gasteiger partial charge on any atom is 0.360 e. The van der Waals surface area contributed by atoms with Crippen molar-refractivity contribution in [3.63, 3.8) is 0 Å². The molecule has 63 heavy (non-hydrogen) atoms. The summed E-state index contributed by atoms with van der Waals surface area (Å²) in [7, 11) is 2.24. The van der Waals surface area contributed by atoms with Gasteiger partial charge in [0.25, 0.3) is 0 Å². The number of esters is 3. The molecule has 330 valence electrons. The fourth-order valence-electron chi connectivity index (χ4n) is 5.38. The molecule has 4 heterocycles. The number of hydrogen-bond donors (Lipinski definition) is 3. The molecule has 16 nitrogen and oxygen atoms in total. The average Bonchev–Trinajstić information content (AvgIpc) is 3.97. The number of carbonyl (C=O) groups excluding carboxylic acids is 3. The van der Waals surface area contributed by atoms with E-state index in [2.05, 4.69) is 80.3 Å². The first-order chi connectivity index (χ1) is 30.1. The summed E-state index contributed by atoms with van der Waals surface area (Å²) in [5.74, 6) is -1.22. The Morgan fingerprint density at radius 3 is 1.38 bits per heavy atom. The molecule has 0 aliphatic carbocycles. The highest BCUT2D eigenvalue weighted by Crippen LogP contribution is 2.46. The maximum absolute atomic E-state index is 12.8. The van der Waals surface area contributed by atoms with Gasteiger partial charge in [-0.1, -0.05) is 78.2 Å². The fraction of sp³-hybridized carbons (Fsp3) is 0.200. The van der Waals surface area contributed by atoms with Crippen LogP contribution in [0.2, 0.25) is 0 Å². The van der Waals surface area contributed by atoms with E-state index in [1.165, 1.54) is 20.7 Å². The van der Waals surface area contributed by atoms with Crippen LogP contribution in [0.25, 0.3) is 27.4 Å². The molecule has 0 atom stereocenters. The van der Waals surface area contributed by atoms with Crippen molar-refractivity contribution in [3.05, 3.63) is 108 Å². The van der Waals surface area contributed by atoms with Crippen molar-refractivity contribution in [1.82, 2.24) is 34.3 Å². The third-order valence-electron chi connectivity index (χ3n) is 7.86. The zero-order valence-corrected chi connectivity index (χ0v) is 42.2. The normalized spacial score (nSPS) is 10.7. The molecule has 7 rings (SSSR count). The van der Waals surface area contributed by atoms with Gasteiger partial charge in [-0.15, -0.1) is 11.3 Å². The third kappa shape index (κ3) is 12.3. The second-order valence-electron chi connectivity index (χ2n) is 12.5. The van der Waals surface area contributed by atoms with E-state index in [0.717, 1.165) is 50.4 Å². The highest BCUT2D eigenvalue weighted by molar-refractivity contribution is 9.11. The van der Waals surface area contributed by atoms with Crippen molar-refractivity contribution in [2.45, 2.75) is 44.4 Å².